The van der Waals surface area contributed by atoms with Gasteiger partial charge in [-0.25, -0.2) is 14.8 Å². The maximum atomic E-state index is 11.0. The summed E-state index contributed by atoms with van der Waals surface area (Å²) in [5.74, 6) is -1.01. The maximum Gasteiger partial charge on any atom is 0.339 e. The second-order valence-electron chi connectivity index (χ2n) is 3.83. The van der Waals surface area contributed by atoms with E-state index in [1.54, 1.807) is 6.20 Å². The average Bonchev–Trinajstić information content (AvgIpc) is 2.82. The molecule has 88 valence electrons. The lowest BCUT2D eigenvalue weighted by Gasteiger charge is -2.00. The summed E-state index contributed by atoms with van der Waals surface area (Å²) in [7, 11) is 0. The molecule has 0 aliphatic carbocycles. The van der Waals surface area contributed by atoms with Gasteiger partial charge in [0.15, 0.2) is 5.65 Å². The summed E-state index contributed by atoms with van der Waals surface area (Å²) in [5.41, 5.74) is 2.56. The minimum atomic E-state index is -1.01. The van der Waals surface area contributed by atoms with Crippen LogP contribution in [0.5, 0.6) is 0 Å². The number of hydrogen-bond donors (Lipinski definition) is 2. The van der Waals surface area contributed by atoms with Crippen molar-refractivity contribution in [1.82, 2.24) is 15.0 Å². The van der Waals surface area contributed by atoms with Gasteiger partial charge >= 0.3 is 5.97 Å². The molecule has 3 rings (SSSR count). The molecule has 0 atom stereocenters. The molecule has 0 aliphatic heterocycles. The number of aromatic carboxylic acids is 1. The van der Waals surface area contributed by atoms with Gasteiger partial charge in [0.2, 0.25) is 0 Å². The second kappa shape index (κ2) is 3.96. The van der Waals surface area contributed by atoms with E-state index in [2.05, 4.69) is 15.0 Å². The summed E-state index contributed by atoms with van der Waals surface area (Å²) in [6, 6.07) is 9.52. The van der Waals surface area contributed by atoms with E-state index < -0.39 is 5.97 Å². The van der Waals surface area contributed by atoms with E-state index in [9.17, 15) is 4.79 Å². The van der Waals surface area contributed by atoms with Gasteiger partial charge in [-0.2, -0.15) is 0 Å². The first-order valence-electron chi connectivity index (χ1n) is 5.38. The highest BCUT2D eigenvalue weighted by Crippen LogP contribution is 2.20. The van der Waals surface area contributed by atoms with Crippen LogP contribution in [0.4, 0.5) is 0 Å². The predicted molar refractivity (Wildman–Crippen MR) is 66.3 cm³/mol. The minimum Gasteiger partial charge on any atom is -0.478 e. The van der Waals surface area contributed by atoms with Gasteiger partial charge in [-0.1, -0.05) is 30.3 Å². The highest BCUT2D eigenvalue weighted by molar-refractivity contribution is 6.00. The molecule has 5 heteroatoms. The Morgan fingerprint density at radius 3 is 2.72 bits per heavy atom. The number of carbonyl (C=O) groups is 1. The molecule has 0 radical (unpaired) electrons. The molecule has 2 heterocycles. The molecule has 1 aromatic carbocycles. The zero-order chi connectivity index (χ0) is 12.5. The van der Waals surface area contributed by atoms with Crippen LogP contribution >= 0.6 is 0 Å². The molecule has 0 saturated carbocycles. The number of nitrogens with one attached hydrogen (secondary N) is 1. The largest absolute Gasteiger partial charge is 0.478 e. The van der Waals surface area contributed by atoms with Crippen molar-refractivity contribution in [1.29, 1.82) is 0 Å². The van der Waals surface area contributed by atoms with Crippen molar-refractivity contribution in [3.63, 3.8) is 0 Å². The van der Waals surface area contributed by atoms with Gasteiger partial charge in [0.25, 0.3) is 0 Å². The number of carboxylic acid groups (broad SMARTS) is 1. The number of hydrogen-bond acceptors (Lipinski definition) is 3. The van der Waals surface area contributed by atoms with Crippen molar-refractivity contribution < 1.29 is 9.90 Å². The van der Waals surface area contributed by atoms with Gasteiger partial charge in [0.1, 0.15) is 11.1 Å². The Labute approximate surface area is 102 Å². The normalized spacial score (nSPS) is 10.7. The van der Waals surface area contributed by atoms with Crippen molar-refractivity contribution in [2.24, 2.45) is 0 Å². The zero-order valence-electron chi connectivity index (χ0n) is 9.29. The number of nitrogens with zero attached hydrogens (tertiary/aromatic N) is 2. The molecule has 0 aliphatic rings. The lowest BCUT2D eigenvalue weighted by atomic mass is 10.1. The van der Waals surface area contributed by atoms with Crippen LogP contribution in [0.25, 0.3) is 22.4 Å². The highest BCUT2D eigenvalue weighted by atomic mass is 16.4. The first-order valence-corrected chi connectivity index (χ1v) is 5.38. The molecule has 0 fully saturated rings. The molecule has 2 aromatic heterocycles. The minimum absolute atomic E-state index is 0.135. The van der Waals surface area contributed by atoms with Gasteiger partial charge in [-0.05, 0) is 0 Å². The monoisotopic (exact) mass is 239 g/mol. The van der Waals surface area contributed by atoms with E-state index in [-0.39, 0.29) is 5.56 Å². The smallest absolute Gasteiger partial charge is 0.339 e. The Kier molecular flexibility index (Phi) is 2.30. The van der Waals surface area contributed by atoms with Gasteiger partial charge < -0.3 is 10.1 Å². The summed E-state index contributed by atoms with van der Waals surface area (Å²) in [6.45, 7) is 0. The molecular weight excluding hydrogens is 230 g/mol. The fourth-order valence-corrected chi connectivity index (χ4v) is 1.80. The zero-order valence-corrected chi connectivity index (χ0v) is 9.29. The quantitative estimate of drug-likeness (QED) is 0.719. The van der Waals surface area contributed by atoms with Crippen molar-refractivity contribution in [2.45, 2.75) is 0 Å². The standard InChI is InChI=1S/C13H9N3O2/c17-13(18)9-6-14-12-11(9)16-10(7-15-12)8-4-2-1-3-5-8/h1-7H,(H,14,15)(H,17,18). The average molecular weight is 239 g/mol. The Morgan fingerprint density at radius 1 is 1.22 bits per heavy atom. The number of fused-ring (bicyclic) bond motifs is 1. The fourth-order valence-electron chi connectivity index (χ4n) is 1.80. The van der Waals surface area contributed by atoms with E-state index in [1.807, 2.05) is 30.3 Å². The number of benzene rings is 1. The first-order chi connectivity index (χ1) is 8.75. The number of aromatic amines is 1. The molecule has 0 amide bonds. The van der Waals surface area contributed by atoms with E-state index in [0.29, 0.717) is 16.9 Å². The molecule has 2 N–H and O–H groups in total. The predicted octanol–water partition coefficient (Wildman–Crippen LogP) is 2.32. The molecule has 18 heavy (non-hydrogen) atoms. The fraction of sp³-hybridized carbons (Fsp3) is 0. The van der Waals surface area contributed by atoms with Crippen molar-refractivity contribution in [2.75, 3.05) is 0 Å². The molecule has 0 bridgehead atoms. The number of aromatic nitrogens is 3. The third-order valence-electron chi connectivity index (χ3n) is 2.68. The summed E-state index contributed by atoms with van der Waals surface area (Å²) in [6.07, 6.45) is 3.03. The Morgan fingerprint density at radius 2 is 2.00 bits per heavy atom. The van der Waals surface area contributed by atoms with E-state index in [4.69, 9.17) is 5.11 Å². The number of rotatable bonds is 2. The van der Waals surface area contributed by atoms with Crippen LogP contribution in [0.15, 0.2) is 42.7 Å². The molecule has 5 nitrogen and oxygen atoms in total. The molecule has 3 aromatic rings. The van der Waals surface area contributed by atoms with Crippen molar-refractivity contribution in [3.05, 3.63) is 48.3 Å². The maximum absolute atomic E-state index is 11.0. The first kappa shape index (κ1) is 10.5. The second-order valence-corrected chi connectivity index (χ2v) is 3.83. The summed E-state index contributed by atoms with van der Waals surface area (Å²) in [5, 5.41) is 9.05. The van der Waals surface area contributed by atoms with Gasteiger partial charge in [0, 0.05) is 11.8 Å². The summed E-state index contributed by atoms with van der Waals surface area (Å²) < 4.78 is 0. The number of carboxylic acids is 1. The number of H-pyrrole nitrogens is 1. The van der Waals surface area contributed by atoms with Crippen LogP contribution in [-0.4, -0.2) is 26.0 Å². The molecule has 0 spiro atoms. The van der Waals surface area contributed by atoms with Gasteiger partial charge in [-0.3, -0.25) is 0 Å². The van der Waals surface area contributed by atoms with Crippen LogP contribution in [0.3, 0.4) is 0 Å². The van der Waals surface area contributed by atoms with Crippen LogP contribution in [0.1, 0.15) is 10.4 Å². The van der Waals surface area contributed by atoms with Crippen molar-refractivity contribution in [3.8, 4) is 11.3 Å². The van der Waals surface area contributed by atoms with Gasteiger partial charge in [0.05, 0.1) is 11.9 Å². The molecular formula is C13H9N3O2. The van der Waals surface area contributed by atoms with E-state index >= 15 is 0 Å². The van der Waals surface area contributed by atoms with Crippen LogP contribution in [0.2, 0.25) is 0 Å². The van der Waals surface area contributed by atoms with E-state index in [0.717, 1.165) is 5.56 Å². The molecule has 0 unspecified atom stereocenters. The van der Waals surface area contributed by atoms with E-state index in [1.165, 1.54) is 6.20 Å². The summed E-state index contributed by atoms with van der Waals surface area (Å²) >= 11 is 0. The SMILES string of the molecule is O=C(O)c1c[nH]c2ncc(-c3ccccc3)nc12. The van der Waals surface area contributed by atoms with Crippen LogP contribution in [0, 0.1) is 0 Å². The van der Waals surface area contributed by atoms with Crippen molar-refractivity contribution >= 4 is 17.1 Å². The third-order valence-corrected chi connectivity index (χ3v) is 2.68. The lowest BCUT2D eigenvalue weighted by molar-refractivity contribution is 0.0699. The molecule has 0 saturated heterocycles. The van der Waals surface area contributed by atoms with Crippen LogP contribution < -0.4 is 0 Å². The third kappa shape index (κ3) is 1.62. The Balaban J connectivity index is 2.21. The van der Waals surface area contributed by atoms with Gasteiger partial charge in [-0.15, -0.1) is 0 Å². The lowest BCUT2D eigenvalue weighted by Crippen LogP contribution is -1.96. The van der Waals surface area contributed by atoms with Crippen LogP contribution in [-0.2, 0) is 0 Å². The Hall–Kier alpha value is -2.69. The highest BCUT2D eigenvalue weighted by Gasteiger charge is 2.13. The Bertz CT molecular complexity index is 719. The topological polar surface area (TPSA) is 78.9 Å². The summed E-state index contributed by atoms with van der Waals surface area (Å²) in [4.78, 5) is 22.4.